The van der Waals surface area contributed by atoms with Crippen LogP contribution >= 0.6 is 11.3 Å². The van der Waals surface area contributed by atoms with Gasteiger partial charge in [-0.1, -0.05) is 0 Å². The predicted molar refractivity (Wildman–Crippen MR) is 53.3 cm³/mol. The number of hydrogen-bond acceptors (Lipinski definition) is 4. The summed E-state index contributed by atoms with van der Waals surface area (Å²) in [5.74, 6) is -0.0570. The molecule has 0 amide bonds. The van der Waals surface area contributed by atoms with E-state index < -0.39 is 0 Å². The number of fused-ring (bicyclic) bond motifs is 1. The first-order valence-corrected chi connectivity index (χ1v) is 4.56. The number of aromatic hydroxyl groups is 1. The van der Waals surface area contributed by atoms with E-state index in [1.807, 2.05) is 5.38 Å². The Morgan fingerprint density at radius 2 is 2.31 bits per heavy atom. The van der Waals surface area contributed by atoms with Crippen molar-refractivity contribution in [3.05, 3.63) is 23.1 Å². The van der Waals surface area contributed by atoms with Crippen molar-refractivity contribution >= 4 is 33.4 Å². The summed E-state index contributed by atoms with van der Waals surface area (Å²) in [7, 11) is 0. The molecule has 0 unspecified atom stereocenters. The van der Waals surface area contributed by atoms with E-state index in [2.05, 4.69) is 0 Å². The maximum absolute atomic E-state index is 10.7. The second-order valence-corrected chi connectivity index (χ2v) is 3.60. The highest BCUT2D eigenvalue weighted by molar-refractivity contribution is 7.17. The Labute approximate surface area is 78.4 Å². The number of rotatable bonds is 1. The summed E-state index contributed by atoms with van der Waals surface area (Å²) in [5, 5.41) is 12.0. The molecule has 13 heavy (non-hydrogen) atoms. The van der Waals surface area contributed by atoms with E-state index in [-0.39, 0.29) is 5.75 Å². The van der Waals surface area contributed by atoms with Crippen LogP contribution < -0.4 is 5.73 Å². The molecule has 2 rings (SSSR count). The molecule has 0 saturated carbocycles. The lowest BCUT2D eigenvalue weighted by Gasteiger charge is -2.01. The van der Waals surface area contributed by atoms with E-state index in [4.69, 9.17) is 5.73 Å². The molecular formula is C9H7NO2S. The third kappa shape index (κ3) is 1.07. The number of hydrogen-bond donors (Lipinski definition) is 2. The van der Waals surface area contributed by atoms with Crippen molar-refractivity contribution in [2.24, 2.45) is 0 Å². The fourth-order valence-electron chi connectivity index (χ4n) is 1.30. The van der Waals surface area contributed by atoms with Gasteiger partial charge in [-0.25, -0.2) is 0 Å². The van der Waals surface area contributed by atoms with E-state index in [0.717, 1.165) is 10.1 Å². The number of carbonyl (C=O) groups is 1. The van der Waals surface area contributed by atoms with Crippen LogP contribution in [0, 0.1) is 0 Å². The highest BCUT2D eigenvalue weighted by atomic mass is 32.1. The number of carbonyl (C=O) groups excluding carboxylic acids is 1. The molecule has 0 saturated heterocycles. The zero-order valence-electron chi connectivity index (χ0n) is 6.65. The van der Waals surface area contributed by atoms with Crippen LogP contribution in [0.1, 0.15) is 10.4 Å². The monoisotopic (exact) mass is 193 g/mol. The number of benzene rings is 1. The molecule has 0 aliphatic carbocycles. The quantitative estimate of drug-likeness (QED) is 0.537. The van der Waals surface area contributed by atoms with Crippen LogP contribution in [-0.2, 0) is 0 Å². The van der Waals surface area contributed by atoms with Crippen molar-refractivity contribution < 1.29 is 9.90 Å². The smallest absolute Gasteiger partial charge is 0.154 e. The summed E-state index contributed by atoms with van der Waals surface area (Å²) in [6, 6.07) is 3.18. The molecule has 0 aliphatic heterocycles. The number of phenols is 1. The lowest BCUT2D eigenvalue weighted by molar-refractivity contribution is 0.112. The van der Waals surface area contributed by atoms with Crippen molar-refractivity contribution in [2.45, 2.75) is 0 Å². The van der Waals surface area contributed by atoms with E-state index in [0.29, 0.717) is 17.5 Å². The Morgan fingerprint density at radius 3 is 3.00 bits per heavy atom. The standard InChI is InChI=1S/C9H7NO2S/c10-7-3-8(12)6(4-11)5-1-2-13-9(5)7/h1-4,12H,10H2. The van der Waals surface area contributed by atoms with Gasteiger partial charge in [0.1, 0.15) is 5.75 Å². The number of thiophene rings is 1. The van der Waals surface area contributed by atoms with Gasteiger partial charge in [-0.15, -0.1) is 11.3 Å². The van der Waals surface area contributed by atoms with Crippen molar-refractivity contribution in [3.63, 3.8) is 0 Å². The summed E-state index contributed by atoms with van der Waals surface area (Å²) in [6.45, 7) is 0. The molecule has 3 nitrogen and oxygen atoms in total. The minimum atomic E-state index is -0.0570. The van der Waals surface area contributed by atoms with Gasteiger partial charge in [0.25, 0.3) is 0 Å². The van der Waals surface area contributed by atoms with Gasteiger partial charge < -0.3 is 10.8 Å². The van der Waals surface area contributed by atoms with Crippen LogP contribution in [0.25, 0.3) is 10.1 Å². The van der Waals surface area contributed by atoms with E-state index in [1.165, 1.54) is 17.4 Å². The van der Waals surface area contributed by atoms with Gasteiger partial charge in [0.05, 0.1) is 16.0 Å². The van der Waals surface area contributed by atoms with Gasteiger partial charge in [-0.05, 0) is 11.4 Å². The highest BCUT2D eigenvalue weighted by Gasteiger charge is 2.09. The van der Waals surface area contributed by atoms with Crippen LogP contribution in [0.5, 0.6) is 5.75 Å². The van der Waals surface area contributed by atoms with Crippen molar-refractivity contribution in [1.29, 1.82) is 0 Å². The summed E-state index contributed by atoms with van der Waals surface area (Å²) >= 11 is 1.46. The normalized spacial score (nSPS) is 10.5. The van der Waals surface area contributed by atoms with Gasteiger partial charge in [0, 0.05) is 11.5 Å². The number of anilines is 1. The van der Waals surface area contributed by atoms with E-state index >= 15 is 0 Å². The van der Waals surface area contributed by atoms with Crippen LogP contribution in [0.15, 0.2) is 17.5 Å². The third-order valence-electron chi connectivity index (χ3n) is 1.90. The van der Waals surface area contributed by atoms with Gasteiger partial charge >= 0.3 is 0 Å². The Kier molecular flexibility index (Phi) is 1.70. The van der Waals surface area contributed by atoms with Gasteiger partial charge in [0.15, 0.2) is 6.29 Å². The second kappa shape index (κ2) is 2.74. The van der Waals surface area contributed by atoms with Gasteiger partial charge in [0.2, 0.25) is 0 Å². The van der Waals surface area contributed by atoms with Crippen molar-refractivity contribution in [3.8, 4) is 5.75 Å². The Hall–Kier alpha value is -1.55. The first kappa shape index (κ1) is 8.07. The first-order chi connectivity index (χ1) is 6.24. The topological polar surface area (TPSA) is 63.3 Å². The maximum atomic E-state index is 10.7. The van der Waals surface area contributed by atoms with E-state index in [1.54, 1.807) is 6.07 Å². The minimum Gasteiger partial charge on any atom is -0.507 e. The lowest BCUT2D eigenvalue weighted by atomic mass is 10.1. The molecule has 4 heteroatoms. The average Bonchev–Trinajstić information content (AvgIpc) is 2.53. The first-order valence-electron chi connectivity index (χ1n) is 3.68. The molecular weight excluding hydrogens is 186 g/mol. The Balaban J connectivity index is 2.96. The molecule has 66 valence electrons. The molecule has 3 N–H and O–H groups in total. The molecule has 1 aromatic heterocycles. The Morgan fingerprint density at radius 1 is 1.54 bits per heavy atom. The SMILES string of the molecule is Nc1cc(O)c(C=O)c2ccsc12. The summed E-state index contributed by atoms with van der Waals surface area (Å²) < 4.78 is 0.847. The number of aldehydes is 1. The number of phenolic OH excluding ortho intramolecular Hbond substituents is 1. The predicted octanol–water partition coefficient (Wildman–Crippen LogP) is 2.00. The summed E-state index contributed by atoms with van der Waals surface area (Å²) in [6.07, 6.45) is 0.643. The maximum Gasteiger partial charge on any atom is 0.154 e. The molecule has 0 radical (unpaired) electrons. The lowest BCUT2D eigenvalue weighted by Crippen LogP contribution is -1.88. The van der Waals surface area contributed by atoms with Crippen molar-refractivity contribution in [2.75, 3.05) is 5.73 Å². The zero-order chi connectivity index (χ0) is 9.42. The molecule has 0 bridgehead atoms. The largest absolute Gasteiger partial charge is 0.507 e. The van der Waals surface area contributed by atoms with E-state index in [9.17, 15) is 9.90 Å². The molecule has 0 spiro atoms. The molecule has 0 aliphatic rings. The summed E-state index contributed by atoms with van der Waals surface area (Å²) in [5.41, 5.74) is 6.48. The summed E-state index contributed by atoms with van der Waals surface area (Å²) in [4.78, 5) is 10.7. The second-order valence-electron chi connectivity index (χ2n) is 2.68. The molecule has 0 fully saturated rings. The minimum absolute atomic E-state index is 0.0570. The van der Waals surface area contributed by atoms with Gasteiger partial charge in [-0.3, -0.25) is 4.79 Å². The molecule has 0 atom stereocenters. The highest BCUT2D eigenvalue weighted by Crippen LogP contribution is 2.34. The average molecular weight is 193 g/mol. The molecule has 1 heterocycles. The molecule has 2 aromatic rings. The van der Waals surface area contributed by atoms with Crippen LogP contribution in [0.4, 0.5) is 5.69 Å². The van der Waals surface area contributed by atoms with Crippen LogP contribution in [0.2, 0.25) is 0 Å². The third-order valence-corrected chi connectivity index (χ3v) is 2.87. The fraction of sp³-hybridized carbons (Fsp3) is 0. The van der Waals surface area contributed by atoms with Crippen LogP contribution in [0.3, 0.4) is 0 Å². The van der Waals surface area contributed by atoms with Crippen molar-refractivity contribution in [1.82, 2.24) is 0 Å². The van der Waals surface area contributed by atoms with Crippen LogP contribution in [-0.4, -0.2) is 11.4 Å². The zero-order valence-corrected chi connectivity index (χ0v) is 7.47. The number of nitrogen functional groups attached to an aromatic ring is 1. The fourth-order valence-corrected chi connectivity index (χ4v) is 2.14. The van der Waals surface area contributed by atoms with Gasteiger partial charge in [-0.2, -0.15) is 0 Å². The number of nitrogens with two attached hydrogens (primary N) is 1. The Bertz CT molecular complexity index is 476. The molecule has 1 aromatic carbocycles.